The van der Waals surface area contributed by atoms with Gasteiger partial charge in [-0.1, -0.05) is 17.7 Å². The summed E-state index contributed by atoms with van der Waals surface area (Å²) in [5.74, 6) is 0. The third-order valence-electron chi connectivity index (χ3n) is 3.13. The first-order valence-corrected chi connectivity index (χ1v) is 6.20. The van der Waals surface area contributed by atoms with Crippen LogP contribution in [-0.4, -0.2) is 23.7 Å². The highest BCUT2D eigenvalue weighted by molar-refractivity contribution is 6.33. The van der Waals surface area contributed by atoms with Gasteiger partial charge in [-0.2, -0.15) is 0 Å². The van der Waals surface area contributed by atoms with E-state index >= 15 is 0 Å². The molecule has 5 nitrogen and oxygen atoms in total. The van der Waals surface area contributed by atoms with E-state index in [1.165, 1.54) is 6.07 Å². The van der Waals surface area contributed by atoms with Crippen molar-refractivity contribution in [3.05, 3.63) is 33.3 Å². The van der Waals surface area contributed by atoms with Crippen LogP contribution in [0.25, 0.3) is 0 Å². The average Bonchev–Trinajstić information content (AvgIpc) is 2.74. The number of hydrogen-bond acceptors (Lipinski definition) is 4. The van der Waals surface area contributed by atoms with Gasteiger partial charge in [-0.3, -0.25) is 10.1 Å². The summed E-state index contributed by atoms with van der Waals surface area (Å²) in [7, 11) is 0. The number of nitro benzene ring substituents is 1. The Morgan fingerprint density at radius 1 is 1.61 bits per heavy atom. The van der Waals surface area contributed by atoms with Gasteiger partial charge in [0, 0.05) is 19.2 Å². The fourth-order valence-electron chi connectivity index (χ4n) is 2.09. The van der Waals surface area contributed by atoms with Crippen LogP contribution in [0.5, 0.6) is 0 Å². The number of rotatable bonds is 4. The predicted octanol–water partition coefficient (Wildman–Crippen LogP) is 3.23. The van der Waals surface area contributed by atoms with Crippen LogP contribution >= 0.6 is 11.6 Å². The molecule has 2 rings (SSSR count). The summed E-state index contributed by atoms with van der Waals surface area (Å²) in [4.78, 5) is 10.5. The van der Waals surface area contributed by atoms with Gasteiger partial charge in [-0.05, 0) is 25.8 Å². The molecule has 18 heavy (non-hydrogen) atoms. The topological polar surface area (TPSA) is 64.4 Å². The van der Waals surface area contributed by atoms with Gasteiger partial charge < -0.3 is 10.1 Å². The van der Waals surface area contributed by atoms with Crippen LogP contribution in [0.3, 0.4) is 0 Å². The quantitative estimate of drug-likeness (QED) is 0.674. The Hall–Kier alpha value is -1.33. The van der Waals surface area contributed by atoms with E-state index in [2.05, 4.69) is 5.32 Å². The second-order valence-electron chi connectivity index (χ2n) is 4.65. The second kappa shape index (κ2) is 5.12. The van der Waals surface area contributed by atoms with E-state index in [4.69, 9.17) is 16.3 Å². The third kappa shape index (κ3) is 2.73. The molecule has 1 fully saturated rings. The summed E-state index contributed by atoms with van der Waals surface area (Å²) >= 11 is 6.00. The standard InChI is InChI=1S/C12H15ClN2O3/c1-12(6-3-7-18-12)8-14-11-9(13)4-2-5-10(11)15(16)17/h2,4-5,14H,3,6-8H2,1H3. The lowest BCUT2D eigenvalue weighted by molar-refractivity contribution is -0.384. The molecule has 1 aliphatic heterocycles. The molecule has 1 aromatic rings. The number of nitro groups is 1. The largest absolute Gasteiger partial charge is 0.375 e. The van der Waals surface area contributed by atoms with Gasteiger partial charge in [0.15, 0.2) is 0 Å². The maximum atomic E-state index is 10.9. The number of anilines is 1. The van der Waals surface area contributed by atoms with Crippen molar-refractivity contribution in [3.63, 3.8) is 0 Å². The summed E-state index contributed by atoms with van der Waals surface area (Å²) in [6.07, 6.45) is 1.96. The number of benzene rings is 1. The molecule has 1 atom stereocenters. The van der Waals surface area contributed by atoms with Crippen molar-refractivity contribution < 1.29 is 9.66 Å². The van der Waals surface area contributed by atoms with Gasteiger partial charge in [0.05, 0.1) is 15.5 Å². The fraction of sp³-hybridized carbons (Fsp3) is 0.500. The zero-order chi connectivity index (χ0) is 13.2. The van der Waals surface area contributed by atoms with Crippen molar-refractivity contribution in [1.29, 1.82) is 0 Å². The molecule has 0 bridgehead atoms. The maximum absolute atomic E-state index is 10.9. The summed E-state index contributed by atoms with van der Waals surface area (Å²) in [5, 5.41) is 14.3. The highest BCUT2D eigenvalue weighted by Crippen LogP contribution is 2.33. The van der Waals surface area contributed by atoms with Crippen molar-refractivity contribution in [2.75, 3.05) is 18.5 Å². The molecule has 0 amide bonds. The van der Waals surface area contributed by atoms with E-state index in [0.29, 0.717) is 17.3 Å². The van der Waals surface area contributed by atoms with Crippen LogP contribution in [0.4, 0.5) is 11.4 Å². The van der Waals surface area contributed by atoms with Crippen molar-refractivity contribution in [2.24, 2.45) is 0 Å². The number of nitrogens with one attached hydrogen (secondary N) is 1. The minimum absolute atomic E-state index is 0.0101. The van der Waals surface area contributed by atoms with Crippen molar-refractivity contribution in [1.82, 2.24) is 0 Å². The molecule has 0 aliphatic carbocycles. The van der Waals surface area contributed by atoms with E-state index < -0.39 is 4.92 Å². The highest BCUT2D eigenvalue weighted by atomic mass is 35.5. The Bertz CT molecular complexity index is 459. The van der Waals surface area contributed by atoms with Crippen LogP contribution in [0.1, 0.15) is 19.8 Å². The van der Waals surface area contributed by atoms with E-state index in [-0.39, 0.29) is 11.3 Å². The molecule has 1 saturated heterocycles. The number of halogens is 1. The molecule has 1 unspecified atom stereocenters. The molecule has 1 N–H and O–H groups in total. The van der Waals surface area contributed by atoms with Crippen LogP contribution in [0.2, 0.25) is 5.02 Å². The van der Waals surface area contributed by atoms with E-state index in [0.717, 1.165) is 19.4 Å². The number of nitrogens with zero attached hydrogens (tertiary/aromatic N) is 1. The zero-order valence-corrected chi connectivity index (χ0v) is 10.9. The van der Waals surface area contributed by atoms with Crippen LogP contribution in [0, 0.1) is 10.1 Å². The second-order valence-corrected chi connectivity index (χ2v) is 5.05. The van der Waals surface area contributed by atoms with Gasteiger partial charge >= 0.3 is 0 Å². The lowest BCUT2D eigenvalue weighted by atomic mass is 10.0. The number of ether oxygens (including phenoxy) is 1. The van der Waals surface area contributed by atoms with E-state index in [9.17, 15) is 10.1 Å². The Balaban J connectivity index is 2.15. The van der Waals surface area contributed by atoms with Crippen LogP contribution < -0.4 is 5.32 Å². The molecule has 1 aromatic carbocycles. The molecule has 0 radical (unpaired) electrons. The van der Waals surface area contributed by atoms with Crippen molar-refractivity contribution in [3.8, 4) is 0 Å². The Morgan fingerprint density at radius 3 is 3.00 bits per heavy atom. The molecule has 0 saturated carbocycles. The summed E-state index contributed by atoms with van der Waals surface area (Å²) in [6, 6.07) is 4.64. The molecule has 0 spiro atoms. The molecule has 1 aliphatic rings. The normalized spacial score (nSPS) is 23.0. The lowest BCUT2D eigenvalue weighted by Crippen LogP contribution is -2.32. The lowest BCUT2D eigenvalue weighted by Gasteiger charge is -2.24. The zero-order valence-electron chi connectivity index (χ0n) is 10.1. The third-order valence-corrected chi connectivity index (χ3v) is 3.44. The SMILES string of the molecule is CC1(CNc2c(Cl)cccc2[N+](=O)[O-])CCCO1. The first-order chi connectivity index (χ1) is 8.52. The van der Waals surface area contributed by atoms with Crippen molar-refractivity contribution >= 4 is 23.0 Å². The van der Waals surface area contributed by atoms with Gasteiger partial charge in [0.1, 0.15) is 5.69 Å². The van der Waals surface area contributed by atoms with Crippen molar-refractivity contribution in [2.45, 2.75) is 25.4 Å². The highest BCUT2D eigenvalue weighted by Gasteiger charge is 2.30. The Morgan fingerprint density at radius 2 is 2.39 bits per heavy atom. The molecular formula is C12H15ClN2O3. The summed E-state index contributed by atoms with van der Waals surface area (Å²) in [6.45, 7) is 3.25. The van der Waals surface area contributed by atoms with Crippen LogP contribution in [0.15, 0.2) is 18.2 Å². The minimum atomic E-state index is -0.438. The van der Waals surface area contributed by atoms with E-state index in [1.54, 1.807) is 12.1 Å². The smallest absolute Gasteiger partial charge is 0.293 e. The summed E-state index contributed by atoms with van der Waals surface area (Å²) in [5.41, 5.74) is 0.0810. The van der Waals surface area contributed by atoms with Gasteiger partial charge in [-0.15, -0.1) is 0 Å². The Kier molecular flexibility index (Phi) is 3.73. The number of hydrogen-bond donors (Lipinski definition) is 1. The van der Waals surface area contributed by atoms with Gasteiger partial charge in [-0.25, -0.2) is 0 Å². The predicted molar refractivity (Wildman–Crippen MR) is 70.2 cm³/mol. The fourth-order valence-corrected chi connectivity index (χ4v) is 2.33. The van der Waals surface area contributed by atoms with Crippen LogP contribution in [-0.2, 0) is 4.74 Å². The summed E-state index contributed by atoms with van der Waals surface area (Å²) < 4.78 is 5.63. The molecule has 6 heteroatoms. The molecule has 1 heterocycles. The van der Waals surface area contributed by atoms with Gasteiger partial charge in [0.25, 0.3) is 5.69 Å². The molecule has 0 aromatic heterocycles. The molecular weight excluding hydrogens is 256 g/mol. The average molecular weight is 271 g/mol. The molecule has 98 valence electrons. The first-order valence-electron chi connectivity index (χ1n) is 5.83. The first kappa shape index (κ1) is 13.1. The maximum Gasteiger partial charge on any atom is 0.293 e. The van der Waals surface area contributed by atoms with Gasteiger partial charge in [0.2, 0.25) is 0 Å². The van der Waals surface area contributed by atoms with E-state index in [1.807, 2.05) is 6.92 Å². The Labute approximate surface area is 110 Å². The minimum Gasteiger partial charge on any atom is -0.375 e. The number of para-hydroxylation sites is 1. The monoisotopic (exact) mass is 270 g/mol.